The molecule has 0 saturated heterocycles. The first-order chi connectivity index (χ1) is 7.73. The molecule has 2 atom stereocenters. The van der Waals surface area contributed by atoms with Gasteiger partial charge in [-0.05, 0) is 6.92 Å². The normalized spacial score (nSPS) is 13.6. The van der Waals surface area contributed by atoms with E-state index in [4.69, 9.17) is 15.9 Å². The highest BCUT2D eigenvalue weighted by atomic mass is 16.4. The average Bonchev–Trinajstić information content (AvgIpc) is 2.14. The number of carboxylic acid groups (broad SMARTS) is 1. The molecule has 98 valence electrons. The fraction of sp³-hybridized carbons (Fsp3) is 0.667. The monoisotopic (exact) mass is 247 g/mol. The number of aliphatic carboxylic acids is 1. The summed E-state index contributed by atoms with van der Waals surface area (Å²) in [6.07, 6.45) is -1.21. The SMILES string of the molecule is CC(O)CN(C)C(=O)N[C@@H](CC(N)=O)C(=O)O. The molecule has 0 aromatic carbocycles. The minimum absolute atomic E-state index is 0.0503. The third-order valence-electron chi connectivity index (χ3n) is 1.89. The Morgan fingerprint density at radius 1 is 1.41 bits per heavy atom. The van der Waals surface area contributed by atoms with Gasteiger partial charge in [0.15, 0.2) is 0 Å². The van der Waals surface area contributed by atoms with Gasteiger partial charge in [-0.3, -0.25) is 4.79 Å². The average molecular weight is 247 g/mol. The van der Waals surface area contributed by atoms with Gasteiger partial charge in [0.05, 0.1) is 12.5 Å². The number of nitrogens with two attached hydrogens (primary N) is 1. The highest BCUT2D eigenvalue weighted by Crippen LogP contribution is 1.95. The number of carboxylic acids is 1. The zero-order valence-corrected chi connectivity index (χ0v) is 9.71. The molecule has 0 aromatic rings. The van der Waals surface area contributed by atoms with Crippen LogP contribution in [0.15, 0.2) is 0 Å². The summed E-state index contributed by atoms with van der Waals surface area (Å²) in [5.74, 6) is -2.17. The third-order valence-corrected chi connectivity index (χ3v) is 1.89. The number of primary amides is 1. The molecular weight excluding hydrogens is 230 g/mol. The second-order valence-electron chi connectivity index (χ2n) is 3.74. The molecule has 0 aromatic heterocycles. The molecule has 8 nitrogen and oxygen atoms in total. The summed E-state index contributed by atoms with van der Waals surface area (Å²) < 4.78 is 0. The van der Waals surface area contributed by atoms with Crippen molar-refractivity contribution >= 4 is 17.9 Å². The van der Waals surface area contributed by atoms with Crippen molar-refractivity contribution in [2.75, 3.05) is 13.6 Å². The quantitative estimate of drug-likeness (QED) is 0.445. The first-order valence-electron chi connectivity index (χ1n) is 4.94. The summed E-state index contributed by atoms with van der Waals surface area (Å²) in [5, 5.41) is 19.9. The van der Waals surface area contributed by atoms with E-state index in [1.807, 2.05) is 0 Å². The molecular formula is C9H17N3O5. The summed E-state index contributed by atoms with van der Waals surface area (Å²) in [4.78, 5) is 33.9. The predicted molar refractivity (Wildman–Crippen MR) is 58.1 cm³/mol. The van der Waals surface area contributed by atoms with Gasteiger partial charge in [0.2, 0.25) is 5.91 Å². The lowest BCUT2D eigenvalue weighted by Crippen LogP contribution is -2.49. The lowest BCUT2D eigenvalue weighted by molar-refractivity contribution is -0.140. The summed E-state index contributed by atoms with van der Waals surface area (Å²) in [5.41, 5.74) is 4.86. The fourth-order valence-electron chi connectivity index (χ4n) is 1.14. The number of amides is 3. The molecule has 0 bridgehead atoms. The molecule has 0 aliphatic heterocycles. The van der Waals surface area contributed by atoms with Gasteiger partial charge in [-0.2, -0.15) is 0 Å². The number of hydrogen-bond acceptors (Lipinski definition) is 4. The minimum Gasteiger partial charge on any atom is -0.480 e. The number of likely N-dealkylation sites (N-methyl/N-ethyl adjacent to an activating group) is 1. The van der Waals surface area contributed by atoms with Crippen molar-refractivity contribution in [2.45, 2.75) is 25.5 Å². The van der Waals surface area contributed by atoms with Crippen molar-refractivity contribution in [1.82, 2.24) is 10.2 Å². The summed E-state index contributed by atoms with van der Waals surface area (Å²) in [6, 6.07) is -2.06. The van der Waals surface area contributed by atoms with Gasteiger partial charge >= 0.3 is 12.0 Å². The Labute approximate surface area is 98.4 Å². The molecule has 0 aliphatic carbocycles. The standard InChI is InChI=1S/C9H17N3O5/c1-5(13)4-12(2)9(17)11-6(8(15)16)3-7(10)14/h5-6,13H,3-4H2,1-2H3,(H2,10,14)(H,11,17)(H,15,16)/t5?,6-/m0/s1. The number of rotatable bonds is 6. The predicted octanol–water partition coefficient (Wildman–Crippen LogP) is -1.66. The minimum atomic E-state index is -1.36. The summed E-state index contributed by atoms with van der Waals surface area (Å²) in [7, 11) is 1.39. The van der Waals surface area contributed by atoms with E-state index in [0.717, 1.165) is 4.90 Å². The number of nitrogens with one attached hydrogen (secondary N) is 1. The molecule has 0 rings (SSSR count). The molecule has 0 aliphatic rings. The van der Waals surface area contributed by atoms with Crippen molar-refractivity contribution in [2.24, 2.45) is 5.73 Å². The molecule has 0 saturated carbocycles. The van der Waals surface area contributed by atoms with Crippen LogP contribution in [0.25, 0.3) is 0 Å². The lowest BCUT2D eigenvalue weighted by atomic mass is 10.2. The summed E-state index contributed by atoms with van der Waals surface area (Å²) in [6.45, 7) is 1.54. The van der Waals surface area contributed by atoms with Gasteiger partial charge in [0.1, 0.15) is 6.04 Å². The molecule has 0 spiro atoms. The van der Waals surface area contributed by atoms with E-state index in [9.17, 15) is 14.4 Å². The van der Waals surface area contributed by atoms with Gasteiger partial charge < -0.3 is 26.2 Å². The van der Waals surface area contributed by atoms with Gasteiger partial charge in [-0.15, -0.1) is 0 Å². The first-order valence-corrected chi connectivity index (χ1v) is 4.94. The van der Waals surface area contributed by atoms with E-state index in [1.165, 1.54) is 14.0 Å². The Kier molecular flexibility index (Phi) is 5.97. The molecule has 5 N–H and O–H groups in total. The number of aliphatic hydroxyl groups excluding tert-OH is 1. The van der Waals surface area contributed by atoms with E-state index in [0.29, 0.717) is 0 Å². The molecule has 17 heavy (non-hydrogen) atoms. The summed E-state index contributed by atoms with van der Waals surface area (Å²) >= 11 is 0. The van der Waals surface area contributed by atoms with E-state index in [-0.39, 0.29) is 6.54 Å². The maximum atomic E-state index is 11.5. The maximum Gasteiger partial charge on any atom is 0.326 e. The van der Waals surface area contributed by atoms with E-state index in [1.54, 1.807) is 0 Å². The molecule has 0 heterocycles. The second kappa shape index (κ2) is 6.69. The number of hydrogen-bond donors (Lipinski definition) is 4. The van der Waals surface area contributed by atoms with Crippen LogP contribution in [0.2, 0.25) is 0 Å². The maximum absolute atomic E-state index is 11.5. The van der Waals surface area contributed by atoms with Crippen LogP contribution in [0.3, 0.4) is 0 Å². The van der Waals surface area contributed by atoms with Crippen LogP contribution in [0.1, 0.15) is 13.3 Å². The Bertz CT molecular complexity index is 305. The third kappa shape index (κ3) is 6.36. The van der Waals surface area contributed by atoms with Gasteiger partial charge in [-0.25, -0.2) is 9.59 Å². The topological polar surface area (TPSA) is 133 Å². The lowest BCUT2D eigenvalue weighted by Gasteiger charge is -2.21. The van der Waals surface area contributed by atoms with Crippen LogP contribution in [0.4, 0.5) is 4.79 Å². The highest BCUT2D eigenvalue weighted by Gasteiger charge is 2.23. The largest absolute Gasteiger partial charge is 0.480 e. The van der Waals surface area contributed by atoms with Gasteiger partial charge in [-0.1, -0.05) is 0 Å². The Hall–Kier alpha value is -1.83. The smallest absolute Gasteiger partial charge is 0.326 e. The van der Waals surface area contributed by atoms with Gasteiger partial charge in [0, 0.05) is 13.6 Å². The Morgan fingerprint density at radius 2 is 1.94 bits per heavy atom. The van der Waals surface area contributed by atoms with Gasteiger partial charge in [0.25, 0.3) is 0 Å². The van der Waals surface area contributed by atoms with Crippen LogP contribution in [-0.2, 0) is 9.59 Å². The highest BCUT2D eigenvalue weighted by molar-refractivity contribution is 5.87. The first kappa shape index (κ1) is 15.2. The van der Waals surface area contributed by atoms with E-state index < -0.39 is 36.5 Å². The van der Waals surface area contributed by atoms with Crippen LogP contribution < -0.4 is 11.1 Å². The van der Waals surface area contributed by atoms with Crippen molar-refractivity contribution in [3.05, 3.63) is 0 Å². The molecule has 1 unspecified atom stereocenters. The fourth-order valence-corrected chi connectivity index (χ4v) is 1.14. The van der Waals surface area contributed by atoms with Crippen molar-refractivity contribution in [1.29, 1.82) is 0 Å². The number of urea groups is 1. The molecule has 0 radical (unpaired) electrons. The molecule has 0 fully saturated rings. The zero-order chi connectivity index (χ0) is 13.6. The number of nitrogens with zero attached hydrogens (tertiary/aromatic N) is 1. The molecule has 8 heteroatoms. The van der Waals surface area contributed by atoms with Crippen molar-refractivity contribution < 1.29 is 24.6 Å². The second-order valence-corrected chi connectivity index (χ2v) is 3.74. The van der Waals surface area contributed by atoms with Crippen molar-refractivity contribution in [3.63, 3.8) is 0 Å². The molecule has 3 amide bonds. The zero-order valence-electron chi connectivity index (χ0n) is 9.71. The number of aliphatic hydroxyl groups is 1. The van der Waals surface area contributed by atoms with Crippen molar-refractivity contribution in [3.8, 4) is 0 Å². The number of carbonyl (C=O) groups excluding carboxylic acids is 2. The Morgan fingerprint density at radius 3 is 2.29 bits per heavy atom. The number of carbonyl (C=O) groups is 3. The van der Waals surface area contributed by atoms with Crippen LogP contribution in [0, 0.1) is 0 Å². The Balaban J connectivity index is 4.39. The van der Waals surface area contributed by atoms with Crippen LogP contribution >= 0.6 is 0 Å². The van der Waals surface area contributed by atoms with Crippen LogP contribution in [0.5, 0.6) is 0 Å². The van der Waals surface area contributed by atoms with Crippen LogP contribution in [-0.4, -0.2) is 58.8 Å². The van der Waals surface area contributed by atoms with E-state index in [2.05, 4.69) is 5.32 Å². The van der Waals surface area contributed by atoms with E-state index >= 15 is 0 Å².